The second kappa shape index (κ2) is 10.5. The minimum absolute atomic E-state index is 0.114. The third kappa shape index (κ3) is 5.00. The van der Waals surface area contributed by atoms with Crippen molar-refractivity contribution in [3.05, 3.63) is 78.0 Å². The Balaban J connectivity index is 1.19. The van der Waals surface area contributed by atoms with E-state index in [1.807, 2.05) is 56.3 Å². The quantitative estimate of drug-likeness (QED) is 0.286. The van der Waals surface area contributed by atoms with Gasteiger partial charge in [-0.05, 0) is 55.5 Å². The van der Waals surface area contributed by atoms with Gasteiger partial charge in [0.1, 0.15) is 23.0 Å². The van der Waals surface area contributed by atoms with Gasteiger partial charge in [-0.3, -0.25) is 4.79 Å². The Morgan fingerprint density at radius 2 is 1.64 bits per heavy atom. The summed E-state index contributed by atoms with van der Waals surface area (Å²) in [4.78, 5) is 19.5. The zero-order valence-corrected chi connectivity index (χ0v) is 22.3. The number of esters is 1. The fraction of sp³-hybridized carbons (Fsp3) is 0.323. The van der Waals surface area contributed by atoms with Crippen molar-refractivity contribution in [2.24, 2.45) is 0 Å². The van der Waals surface area contributed by atoms with Gasteiger partial charge in [-0.25, -0.2) is 4.98 Å². The molecule has 3 heterocycles. The molecule has 1 aliphatic heterocycles. The lowest BCUT2D eigenvalue weighted by atomic mass is 9.93. The van der Waals surface area contributed by atoms with Crippen LogP contribution in [0, 0.1) is 6.92 Å². The van der Waals surface area contributed by atoms with Gasteiger partial charge < -0.3 is 24.2 Å². The number of anilines is 3. The molecule has 0 spiro atoms. The number of nitrogens with one attached hydrogen (secondary N) is 1. The first-order valence-electron chi connectivity index (χ1n) is 13.5. The van der Waals surface area contributed by atoms with Crippen LogP contribution in [0.15, 0.2) is 71.3 Å². The lowest BCUT2D eigenvalue weighted by molar-refractivity contribution is -0.146. The molecule has 39 heavy (non-hydrogen) atoms. The number of nitrogens with zero attached hydrogens (tertiary/aromatic N) is 3. The molecule has 8 heteroatoms. The molecule has 1 saturated heterocycles. The topological polar surface area (TPSA) is 89.7 Å². The van der Waals surface area contributed by atoms with Gasteiger partial charge in [0.2, 0.25) is 0 Å². The van der Waals surface area contributed by atoms with Gasteiger partial charge in [-0.1, -0.05) is 59.8 Å². The predicted molar refractivity (Wildman–Crippen MR) is 150 cm³/mol. The summed E-state index contributed by atoms with van der Waals surface area (Å²) in [6.07, 6.45) is 1.69. The van der Waals surface area contributed by atoms with E-state index in [0.29, 0.717) is 25.6 Å². The van der Waals surface area contributed by atoms with E-state index < -0.39 is 5.41 Å². The van der Waals surface area contributed by atoms with E-state index in [1.54, 1.807) is 0 Å². The van der Waals surface area contributed by atoms with Gasteiger partial charge >= 0.3 is 5.97 Å². The van der Waals surface area contributed by atoms with Crippen LogP contribution in [0.5, 0.6) is 0 Å². The normalized spacial score (nSPS) is 16.1. The van der Waals surface area contributed by atoms with Crippen LogP contribution in [0.25, 0.3) is 22.5 Å². The van der Waals surface area contributed by atoms with E-state index in [0.717, 1.165) is 71.2 Å². The monoisotopic (exact) mass is 524 g/mol. The number of pyridine rings is 1. The molecule has 8 nitrogen and oxygen atoms in total. The summed E-state index contributed by atoms with van der Waals surface area (Å²) in [7, 11) is 0. The maximum atomic E-state index is 12.4. The van der Waals surface area contributed by atoms with E-state index in [1.165, 1.54) is 0 Å². The van der Waals surface area contributed by atoms with E-state index in [4.69, 9.17) is 19.0 Å². The number of hydrogen-bond acceptors (Lipinski definition) is 8. The summed E-state index contributed by atoms with van der Waals surface area (Å²) in [5, 5.41) is 7.64. The first-order chi connectivity index (χ1) is 19.1. The highest BCUT2D eigenvalue weighted by molar-refractivity contribution is 5.87. The van der Waals surface area contributed by atoms with E-state index in [-0.39, 0.29) is 5.97 Å². The average Bonchev–Trinajstić information content (AvgIpc) is 3.73. The third-order valence-electron chi connectivity index (χ3n) is 7.52. The molecule has 2 fully saturated rings. The molecule has 0 bridgehead atoms. The van der Waals surface area contributed by atoms with Crippen LogP contribution in [0.1, 0.15) is 31.0 Å². The Kier molecular flexibility index (Phi) is 6.79. The first kappa shape index (κ1) is 25.1. The van der Waals surface area contributed by atoms with Crippen molar-refractivity contribution in [2.75, 3.05) is 43.1 Å². The highest BCUT2D eigenvalue weighted by Gasteiger charge is 2.52. The van der Waals surface area contributed by atoms with Crippen LogP contribution < -0.4 is 10.2 Å². The van der Waals surface area contributed by atoms with Crippen LogP contribution in [-0.4, -0.2) is 49.0 Å². The lowest BCUT2D eigenvalue weighted by Crippen LogP contribution is -2.36. The van der Waals surface area contributed by atoms with Gasteiger partial charge in [0.05, 0.1) is 25.2 Å². The van der Waals surface area contributed by atoms with Crippen molar-refractivity contribution in [1.82, 2.24) is 10.1 Å². The fourth-order valence-electron chi connectivity index (χ4n) is 5.10. The molecule has 2 aromatic carbocycles. The second-order valence-electron chi connectivity index (χ2n) is 10.0. The number of rotatable bonds is 8. The molecular weight excluding hydrogens is 492 g/mol. The largest absolute Gasteiger partial charge is 0.465 e. The summed E-state index contributed by atoms with van der Waals surface area (Å²) in [6, 6.07) is 22.4. The van der Waals surface area contributed by atoms with Crippen LogP contribution in [0.4, 0.5) is 17.3 Å². The first-order valence-corrected chi connectivity index (χ1v) is 13.5. The number of benzene rings is 2. The number of ether oxygens (including phenoxy) is 2. The summed E-state index contributed by atoms with van der Waals surface area (Å²) in [5.74, 6) is 2.21. The van der Waals surface area contributed by atoms with Gasteiger partial charge in [-0.2, -0.15) is 0 Å². The van der Waals surface area contributed by atoms with E-state index >= 15 is 0 Å². The van der Waals surface area contributed by atoms with Crippen molar-refractivity contribution in [3.63, 3.8) is 0 Å². The van der Waals surface area contributed by atoms with Crippen molar-refractivity contribution in [2.45, 2.75) is 32.1 Å². The SMILES string of the molecule is CCOC(=O)C1(c2ccc(-c3ccc(-c4onc(C)c4Nc4cccc(N5CCOCC5)n4)cc3)cc2)CC1. The molecule has 2 aliphatic rings. The van der Waals surface area contributed by atoms with Gasteiger partial charge in [0.15, 0.2) is 5.76 Å². The van der Waals surface area contributed by atoms with Crippen LogP contribution in [0.2, 0.25) is 0 Å². The molecule has 1 aliphatic carbocycles. The molecule has 4 aromatic rings. The number of aryl methyl sites for hydroxylation is 1. The molecule has 6 rings (SSSR count). The molecule has 0 radical (unpaired) electrons. The standard InChI is InChI=1S/C31H32N4O4/c1-3-38-30(36)31(15-16-31)25-13-11-23(12-14-25)22-7-9-24(10-8-22)29-28(21(2)34-39-29)33-26-5-4-6-27(32-26)35-17-19-37-20-18-35/h4-14H,3,15-20H2,1-2H3,(H,32,33). The zero-order chi connectivity index (χ0) is 26.8. The van der Waals surface area contributed by atoms with Crippen LogP contribution >= 0.6 is 0 Å². The van der Waals surface area contributed by atoms with Crippen molar-refractivity contribution in [3.8, 4) is 22.5 Å². The van der Waals surface area contributed by atoms with Crippen molar-refractivity contribution >= 4 is 23.3 Å². The van der Waals surface area contributed by atoms with Crippen molar-refractivity contribution < 1.29 is 18.8 Å². The maximum Gasteiger partial charge on any atom is 0.316 e. The maximum absolute atomic E-state index is 12.4. The fourth-order valence-corrected chi connectivity index (χ4v) is 5.10. The minimum atomic E-state index is -0.456. The Bertz CT molecular complexity index is 1450. The molecule has 1 saturated carbocycles. The van der Waals surface area contributed by atoms with Crippen molar-refractivity contribution in [1.29, 1.82) is 0 Å². The van der Waals surface area contributed by atoms with Gasteiger partial charge in [0.25, 0.3) is 0 Å². The smallest absolute Gasteiger partial charge is 0.316 e. The summed E-state index contributed by atoms with van der Waals surface area (Å²) in [6.45, 7) is 7.25. The Morgan fingerprint density at radius 3 is 2.31 bits per heavy atom. The highest BCUT2D eigenvalue weighted by atomic mass is 16.5. The van der Waals surface area contributed by atoms with Crippen LogP contribution in [0.3, 0.4) is 0 Å². The van der Waals surface area contributed by atoms with Gasteiger partial charge in [0, 0.05) is 18.7 Å². The summed E-state index contributed by atoms with van der Waals surface area (Å²) >= 11 is 0. The van der Waals surface area contributed by atoms with E-state index in [9.17, 15) is 4.79 Å². The number of carbonyl (C=O) groups is 1. The number of carbonyl (C=O) groups excluding carboxylic acids is 1. The predicted octanol–water partition coefficient (Wildman–Crippen LogP) is 5.89. The summed E-state index contributed by atoms with van der Waals surface area (Å²) < 4.78 is 16.5. The molecule has 0 atom stereocenters. The second-order valence-corrected chi connectivity index (χ2v) is 10.0. The summed E-state index contributed by atoms with van der Waals surface area (Å²) in [5.41, 5.74) is 5.22. The molecule has 0 unspecified atom stereocenters. The minimum Gasteiger partial charge on any atom is -0.465 e. The Labute approximate surface area is 227 Å². The molecule has 200 valence electrons. The highest BCUT2D eigenvalue weighted by Crippen LogP contribution is 2.49. The van der Waals surface area contributed by atoms with Crippen LogP contribution in [-0.2, 0) is 19.7 Å². The average molecular weight is 525 g/mol. The van der Waals surface area contributed by atoms with Gasteiger partial charge in [-0.15, -0.1) is 0 Å². The van der Waals surface area contributed by atoms with E-state index in [2.05, 4.69) is 39.6 Å². The Morgan fingerprint density at radius 1 is 0.974 bits per heavy atom. The number of morpholine rings is 1. The molecule has 0 amide bonds. The molecule has 2 aromatic heterocycles. The third-order valence-corrected chi connectivity index (χ3v) is 7.52. The number of aromatic nitrogens is 2. The Hall–Kier alpha value is -4.17. The zero-order valence-electron chi connectivity index (χ0n) is 22.3. The molecular formula is C31H32N4O4. The number of hydrogen-bond donors (Lipinski definition) is 1. The lowest BCUT2D eigenvalue weighted by Gasteiger charge is -2.28. The molecule has 1 N–H and O–H groups in total.